The van der Waals surface area contributed by atoms with Gasteiger partial charge in [0.25, 0.3) is 5.91 Å². The van der Waals surface area contributed by atoms with E-state index in [-0.39, 0.29) is 18.4 Å². The van der Waals surface area contributed by atoms with Crippen molar-refractivity contribution < 1.29 is 32.2 Å². The van der Waals surface area contributed by atoms with E-state index in [0.717, 1.165) is 5.56 Å². The number of benzene rings is 2. The van der Waals surface area contributed by atoms with Crippen LogP contribution < -0.4 is 10.5 Å². The number of ether oxygens (including phenoxy) is 2. The largest absolute Gasteiger partial charge is 0.573 e. The smallest absolute Gasteiger partial charge is 0.469 e. The maximum absolute atomic E-state index is 12.8. The van der Waals surface area contributed by atoms with Crippen LogP contribution in [0.4, 0.5) is 13.2 Å². The Bertz CT molecular complexity index is 1170. The molecule has 0 aliphatic rings. The second-order valence-electron chi connectivity index (χ2n) is 7.69. The van der Waals surface area contributed by atoms with Crippen LogP contribution >= 0.6 is 0 Å². The molecule has 1 amide bonds. The molecule has 2 aromatic carbocycles. The van der Waals surface area contributed by atoms with Crippen LogP contribution in [0.3, 0.4) is 0 Å². The van der Waals surface area contributed by atoms with Crippen molar-refractivity contribution in [2.24, 2.45) is 5.73 Å². The Labute approximate surface area is 195 Å². The number of aromatic nitrogens is 1. The summed E-state index contributed by atoms with van der Waals surface area (Å²) in [6, 6.07) is 15.1. The SMILES string of the molecule is COC(=O)CCc1c(-c2cccc(OC(F)(F)F)c2)c(C(N)=O)c(C)n1CCc1ccccc1. The van der Waals surface area contributed by atoms with Gasteiger partial charge in [-0.1, -0.05) is 42.5 Å². The number of hydrogen-bond donors (Lipinski definition) is 1. The van der Waals surface area contributed by atoms with E-state index in [1.807, 2.05) is 34.9 Å². The van der Waals surface area contributed by atoms with E-state index in [2.05, 4.69) is 4.74 Å². The van der Waals surface area contributed by atoms with Gasteiger partial charge in [0.2, 0.25) is 0 Å². The molecule has 6 nitrogen and oxygen atoms in total. The third kappa shape index (κ3) is 5.98. The van der Waals surface area contributed by atoms with Crippen molar-refractivity contribution >= 4 is 11.9 Å². The molecule has 1 heterocycles. The van der Waals surface area contributed by atoms with Gasteiger partial charge in [-0.2, -0.15) is 0 Å². The lowest BCUT2D eigenvalue weighted by molar-refractivity contribution is -0.274. The van der Waals surface area contributed by atoms with Crippen LogP contribution in [-0.4, -0.2) is 29.9 Å². The lowest BCUT2D eigenvalue weighted by Gasteiger charge is -2.14. The zero-order valence-corrected chi connectivity index (χ0v) is 18.8. The first-order valence-electron chi connectivity index (χ1n) is 10.6. The highest BCUT2D eigenvalue weighted by Crippen LogP contribution is 2.36. The van der Waals surface area contributed by atoms with Gasteiger partial charge in [0, 0.05) is 23.5 Å². The van der Waals surface area contributed by atoms with E-state index in [1.54, 1.807) is 13.0 Å². The number of carbonyl (C=O) groups excluding carboxylic acids is 2. The third-order valence-electron chi connectivity index (χ3n) is 5.49. The highest BCUT2D eigenvalue weighted by molar-refractivity contribution is 6.02. The van der Waals surface area contributed by atoms with Crippen molar-refractivity contribution in [2.45, 2.75) is 39.1 Å². The highest BCUT2D eigenvalue weighted by atomic mass is 19.4. The predicted octanol–water partition coefficient (Wildman–Crippen LogP) is 4.81. The van der Waals surface area contributed by atoms with Gasteiger partial charge in [0.05, 0.1) is 19.1 Å². The first-order valence-corrected chi connectivity index (χ1v) is 10.6. The molecule has 0 aliphatic heterocycles. The van der Waals surface area contributed by atoms with Crippen molar-refractivity contribution in [1.29, 1.82) is 0 Å². The van der Waals surface area contributed by atoms with Gasteiger partial charge in [0.1, 0.15) is 5.75 Å². The number of nitrogens with two attached hydrogens (primary N) is 1. The quantitative estimate of drug-likeness (QED) is 0.451. The van der Waals surface area contributed by atoms with Gasteiger partial charge < -0.3 is 19.8 Å². The minimum absolute atomic E-state index is 0.0230. The molecular formula is C25H25F3N2O4. The summed E-state index contributed by atoms with van der Waals surface area (Å²) in [5, 5.41) is 0. The topological polar surface area (TPSA) is 83.6 Å². The summed E-state index contributed by atoms with van der Waals surface area (Å²) in [4.78, 5) is 24.4. The molecule has 0 saturated carbocycles. The summed E-state index contributed by atoms with van der Waals surface area (Å²) >= 11 is 0. The lowest BCUT2D eigenvalue weighted by atomic mass is 9.97. The minimum Gasteiger partial charge on any atom is -0.469 e. The summed E-state index contributed by atoms with van der Waals surface area (Å²) in [6.45, 7) is 2.21. The van der Waals surface area contributed by atoms with Gasteiger partial charge in [0.15, 0.2) is 0 Å². The molecule has 1 aromatic heterocycles. The zero-order chi connectivity index (χ0) is 24.9. The molecule has 3 aromatic rings. The number of halogens is 3. The first-order chi connectivity index (χ1) is 16.1. The Morgan fingerprint density at radius 3 is 2.35 bits per heavy atom. The fourth-order valence-electron chi connectivity index (χ4n) is 4.03. The summed E-state index contributed by atoms with van der Waals surface area (Å²) in [5.41, 5.74) is 8.86. The number of amides is 1. The Kier molecular flexibility index (Phi) is 7.65. The number of hydrogen-bond acceptors (Lipinski definition) is 4. The molecule has 3 rings (SSSR count). The molecule has 0 fully saturated rings. The number of methoxy groups -OCH3 is 1. The van der Waals surface area contributed by atoms with Crippen LogP contribution in [0.2, 0.25) is 0 Å². The fourth-order valence-corrected chi connectivity index (χ4v) is 4.03. The Morgan fingerprint density at radius 2 is 1.74 bits per heavy atom. The second kappa shape index (κ2) is 10.5. The zero-order valence-electron chi connectivity index (χ0n) is 18.8. The number of primary amides is 1. The highest BCUT2D eigenvalue weighted by Gasteiger charge is 2.32. The lowest BCUT2D eigenvalue weighted by Crippen LogP contribution is -2.17. The standard InChI is InChI=1S/C25H25F3N2O4/c1-16-22(24(29)32)23(18-9-6-10-19(15-18)34-25(26,27)28)20(11-12-21(31)33-2)30(16)14-13-17-7-4-3-5-8-17/h3-10,15H,11-14H2,1-2H3,(H2,29,32). The second-order valence-corrected chi connectivity index (χ2v) is 7.69. The fraction of sp³-hybridized carbons (Fsp3) is 0.280. The van der Waals surface area contributed by atoms with E-state index < -0.39 is 24.0 Å². The van der Waals surface area contributed by atoms with Gasteiger partial charge in [-0.25, -0.2) is 0 Å². The van der Waals surface area contributed by atoms with Crippen molar-refractivity contribution in [1.82, 2.24) is 4.57 Å². The third-order valence-corrected chi connectivity index (χ3v) is 5.49. The van der Waals surface area contributed by atoms with Crippen LogP contribution in [0.15, 0.2) is 54.6 Å². The molecule has 0 spiro atoms. The Balaban J connectivity index is 2.13. The van der Waals surface area contributed by atoms with E-state index in [9.17, 15) is 22.8 Å². The number of carbonyl (C=O) groups is 2. The van der Waals surface area contributed by atoms with E-state index in [1.165, 1.54) is 25.3 Å². The van der Waals surface area contributed by atoms with Crippen LogP contribution in [0.1, 0.15) is 33.7 Å². The van der Waals surface area contributed by atoms with E-state index in [0.29, 0.717) is 35.5 Å². The molecule has 180 valence electrons. The summed E-state index contributed by atoms with van der Waals surface area (Å²) in [6.07, 6.45) is -4.00. The predicted molar refractivity (Wildman–Crippen MR) is 120 cm³/mol. The van der Waals surface area contributed by atoms with Gasteiger partial charge in [-0.05, 0) is 43.0 Å². The van der Waals surface area contributed by atoms with E-state index in [4.69, 9.17) is 10.5 Å². The summed E-state index contributed by atoms with van der Waals surface area (Å²) < 4.78 is 49.1. The van der Waals surface area contributed by atoms with E-state index >= 15 is 0 Å². The maximum Gasteiger partial charge on any atom is 0.573 e. The average molecular weight is 474 g/mol. The number of esters is 1. The molecule has 9 heteroatoms. The average Bonchev–Trinajstić information content (AvgIpc) is 3.07. The van der Waals surface area contributed by atoms with Crippen LogP contribution in [0.5, 0.6) is 5.75 Å². The van der Waals surface area contributed by atoms with Gasteiger partial charge in [-0.3, -0.25) is 9.59 Å². The Hall–Kier alpha value is -3.75. The van der Waals surface area contributed by atoms with Crippen molar-refractivity contribution in [2.75, 3.05) is 7.11 Å². The number of nitrogens with zero attached hydrogens (tertiary/aromatic N) is 1. The molecule has 0 radical (unpaired) electrons. The molecule has 34 heavy (non-hydrogen) atoms. The normalized spacial score (nSPS) is 11.3. The van der Waals surface area contributed by atoms with Gasteiger partial charge >= 0.3 is 12.3 Å². The minimum atomic E-state index is -4.86. The molecule has 2 N–H and O–H groups in total. The molecule has 0 saturated heterocycles. The van der Waals surface area contributed by atoms with Gasteiger partial charge in [-0.15, -0.1) is 13.2 Å². The van der Waals surface area contributed by atoms with Crippen molar-refractivity contribution in [3.63, 3.8) is 0 Å². The van der Waals surface area contributed by atoms with Crippen LogP contribution in [0, 0.1) is 6.92 Å². The summed E-state index contributed by atoms with van der Waals surface area (Å²) in [5.74, 6) is -1.59. The maximum atomic E-state index is 12.8. The number of alkyl halides is 3. The molecular weight excluding hydrogens is 449 g/mol. The molecule has 0 aliphatic carbocycles. The monoisotopic (exact) mass is 474 g/mol. The van der Waals surface area contributed by atoms with Crippen molar-refractivity contribution in [3.05, 3.63) is 77.1 Å². The number of aryl methyl sites for hydroxylation is 1. The Morgan fingerprint density at radius 1 is 1.03 bits per heavy atom. The van der Waals surface area contributed by atoms with Crippen molar-refractivity contribution in [3.8, 4) is 16.9 Å². The molecule has 0 unspecified atom stereocenters. The molecule has 0 bridgehead atoms. The molecule has 0 atom stereocenters. The summed E-state index contributed by atoms with van der Waals surface area (Å²) in [7, 11) is 1.27. The number of rotatable bonds is 9. The first kappa shape index (κ1) is 24.9. The van der Waals surface area contributed by atoms with Crippen LogP contribution in [-0.2, 0) is 28.9 Å². The van der Waals surface area contributed by atoms with Crippen LogP contribution in [0.25, 0.3) is 11.1 Å².